The minimum atomic E-state index is -0.575. The fourth-order valence-corrected chi connectivity index (χ4v) is 4.54. The van der Waals surface area contributed by atoms with Gasteiger partial charge in [0.2, 0.25) is 5.91 Å². The summed E-state index contributed by atoms with van der Waals surface area (Å²) in [4.78, 5) is 42.6. The smallest absolute Gasteiger partial charge is 0.255 e. The molecule has 32 heavy (non-hydrogen) atoms. The van der Waals surface area contributed by atoms with E-state index in [4.69, 9.17) is 4.98 Å². The van der Waals surface area contributed by atoms with Crippen molar-refractivity contribution in [3.8, 4) is 0 Å². The molecule has 0 aliphatic heterocycles. The maximum Gasteiger partial charge on any atom is 0.255 e. The zero-order valence-corrected chi connectivity index (χ0v) is 18.0. The lowest BCUT2D eigenvalue weighted by Crippen LogP contribution is -2.51. The molecule has 2 aliphatic rings. The molecule has 0 radical (unpaired) electrons. The van der Waals surface area contributed by atoms with Crippen molar-refractivity contribution in [3.63, 3.8) is 0 Å². The molecular weight excluding hydrogens is 404 g/mol. The molecule has 3 heterocycles. The van der Waals surface area contributed by atoms with E-state index in [-0.39, 0.29) is 17.7 Å². The maximum absolute atomic E-state index is 13.3. The molecule has 166 valence electrons. The molecule has 8 nitrogen and oxygen atoms in total. The van der Waals surface area contributed by atoms with E-state index in [0.717, 1.165) is 49.8 Å². The van der Waals surface area contributed by atoms with Crippen molar-refractivity contribution in [3.05, 3.63) is 53.7 Å². The van der Waals surface area contributed by atoms with Crippen molar-refractivity contribution in [1.29, 1.82) is 0 Å². The van der Waals surface area contributed by atoms with Crippen LogP contribution in [0, 0.1) is 5.92 Å². The highest BCUT2D eigenvalue weighted by Gasteiger charge is 2.32. The van der Waals surface area contributed by atoms with Gasteiger partial charge in [0, 0.05) is 31.1 Å². The Balaban J connectivity index is 1.34. The fourth-order valence-electron chi connectivity index (χ4n) is 4.54. The standard InChI is InChI=1S/C24H28N6O2/c31-23(18-13-26-22-21(18)29-19(14-27-22)16-6-7-16)30-20(17-4-2-1-3-5-17)24(32)28-12-15-8-10-25-11-9-15/h8-11,13-14,16-17,20H,1-7,12H2,(H,26,27)(H,28,32)(H,30,31)/t20-/m1/s1. The Bertz CT molecular complexity index is 1100. The van der Waals surface area contributed by atoms with E-state index < -0.39 is 6.04 Å². The van der Waals surface area contributed by atoms with Crippen LogP contribution in [-0.2, 0) is 11.3 Å². The minimum Gasteiger partial charge on any atom is -0.350 e. The molecule has 3 aromatic rings. The highest BCUT2D eigenvalue weighted by atomic mass is 16.2. The van der Waals surface area contributed by atoms with Crippen LogP contribution < -0.4 is 10.6 Å². The van der Waals surface area contributed by atoms with Crippen LogP contribution in [0.1, 0.15) is 72.5 Å². The molecule has 2 saturated carbocycles. The van der Waals surface area contributed by atoms with E-state index in [9.17, 15) is 9.59 Å². The highest BCUT2D eigenvalue weighted by molar-refractivity contribution is 6.06. The number of nitrogens with one attached hydrogen (secondary N) is 3. The van der Waals surface area contributed by atoms with Gasteiger partial charge in [-0.15, -0.1) is 0 Å². The van der Waals surface area contributed by atoms with Crippen molar-refractivity contribution >= 4 is 23.0 Å². The van der Waals surface area contributed by atoms with Gasteiger partial charge in [0.25, 0.3) is 5.91 Å². The largest absolute Gasteiger partial charge is 0.350 e. The number of aromatic nitrogens is 4. The zero-order valence-electron chi connectivity index (χ0n) is 18.0. The molecule has 3 N–H and O–H groups in total. The first-order chi connectivity index (χ1) is 15.7. The van der Waals surface area contributed by atoms with Crippen molar-refractivity contribution in [2.75, 3.05) is 0 Å². The van der Waals surface area contributed by atoms with Gasteiger partial charge in [0.15, 0.2) is 5.65 Å². The van der Waals surface area contributed by atoms with Gasteiger partial charge in [0.1, 0.15) is 11.6 Å². The van der Waals surface area contributed by atoms with E-state index >= 15 is 0 Å². The summed E-state index contributed by atoms with van der Waals surface area (Å²) >= 11 is 0. The first-order valence-corrected chi connectivity index (χ1v) is 11.5. The highest BCUT2D eigenvalue weighted by Crippen LogP contribution is 2.39. The molecule has 0 aromatic carbocycles. The second-order valence-electron chi connectivity index (χ2n) is 8.89. The Morgan fingerprint density at radius 1 is 1.09 bits per heavy atom. The number of rotatable bonds is 7. The quantitative estimate of drug-likeness (QED) is 0.531. The Hall–Kier alpha value is -3.29. The lowest BCUT2D eigenvalue weighted by molar-refractivity contribution is -0.124. The third-order valence-electron chi connectivity index (χ3n) is 6.55. The van der Waals surface area contributed by atoms with Crippen LogP contribution in [0.3, 0.4) is 0 Å². The summed E-state index contributed by atoms with van der Waals surface area (Å²) in [6, 6.07) is 3.17. The van der Waals surface area contributed by atoms with E-state index in [0.29, 0.717) is 29.2 Å². The van der Waals surface area contributed by atoms with Crippen LogP contribution in [0.5, 0.6) is 0 Å². The molecule has 2 aliphatic carbocycles. The molecule has 2 amide bonds. The first kappa shape index (κ1) is 20.6. The van der Waals surface area contributed by atoms with Crippen molar-refractivity contribution < 1.29 is 9.59 Å². The van der Waals surface area contributed by atoms with Crippen LogP contribution in [0.15, 0.2) is 36.9 Å². The van der Waals surface area contributed by atoms with Crippen LogP contribution in [0.25, 0.3) is 11.2 Å². The molecule has 0 saturated heterocycles. The molecule has 0 unspecified atom stereocenters. The van der Waals surface area contributed by atoms with Crippen LogP contribution in [-0.4, -0.2) is 37.8 Å². The van der Waals surface area contributed by atoms with Gasteiger partial charge >= 0.3 is 0 Å². The first-order valence-electron chi connectivity index (χ1n) is 11.5. The van der Waals surface area contributed by atoms with Crippen LogP contribution in [0.4, 0.5) is 0 Å². The summed E-state index contributed by atoms with van der Waals surface area (Å²) in [5.74, 6) is 0.148. The predicted molar refractivity (Wildman–Crippen MR) is 120 cm³/mol. The Kier molecular flexibility index (Phi) is 5.83. The summed E-state index contributed by atoms with van der Waals surface area (Å²) in [5.41, 5.74) is 3.52. The van der Waals surface area contributed by atoms with Gasteiger partial charge in [-0.1, -0.05) is 19.3 Å². The van der Waals surface area contributed by atoms with Crippen LogP contribution >= 0.6 is 0 Å². The summed E-state index contributed by atoms with van der Waals surface area (Å²) < 4.78 is 0. The number of amides is 2. The summed E-state index contributed by atoms with van der Waals surface area (Å²) in [5, 5.41) is 6.03. The lowest BCUT2D eigenvalue weighted by atomic mass is 9.83. The van der Waals surface area contributed by atoms with Crippen molar-refractivity contribution in [1.82, 2.24) is 30.6 Å². The number of aromatic amines is 1. The van der Waals surface area contributed by atoms with Gasteiger partial charge in [-0.3, -0.25) is 14.6 Å². The third-order valence-corrected chi connectivity index (χ3v) is 6.55. The average Bonchev–Trinajstić information content (AvgIpc) is 3.61. The topological polar surface area (TPSA) is 113 Å². The second kappa shape index (κ2) is 9.06. The molecule has 0 spiro atoms. The molecule has 3 aromatic heterocycles. The normalized spacial score (nSPS) is 17.8. The van der Waals surface area contributed by atoms with Gasteiger partial charge in [-0.05, 0) is 49.3 Å². The Morgan fingerprint density at radius 2 is 1.88 bits per heavy atom. The van der Waals surface area contributed by atoms with Gasteiger partial charge in [0.05, 0.1) is 17.5 Å². The second-order valence-corrected chi connectivity index (χ2v) is 8.89. The number of carbonyl (C=O) groups is 2. The average molecular weight is 433 g/mol. The summed E-state index contributed by atoms with van der Waals surface area (Å²) in [6.45, 7) is 0.407. The minimum absolute atomic E-state index is 0.128. The number of pyridine rings is 1. The van der Waals surface area contributed by atoms with Gasteiger partial charge < -0.3 is 15.6 Å². The molecule has 8 heteroatoms. The monoisotopic (exact) mass is 432 g/mol. The third kappa shape index (κ3) is 4.49. The fraction of sp³-hybridized carbons (Fsp3) is 0.458. The molecule has 0 bridgehead atoms. The maximum atomic E-state index is 13.3. The number of fused-ring (bicyclic) bond motifs is 1. The van der Waals surface area contributed by atoms with Gasteiger partial charge in [-0.25, -0.2) is 9.97 Å². The van der Waals surface area contributed by atoms with E-state index in [1.807, 2.05) is 12.1 Å². The number of H-pyrrole nitrogens is 1. The number of hydrogen-bond acceptors (Lipinski definition) is 5. The Labute approximate surface area is 186 Å². The van der Waals surface area contributed by atoms with Gasteiger partial charge in [-0.2, -0.15) is 0 Å². The summed E-state index contributed by atoms with van der Waals surface area (Å²) in [6.07, 6.45) is 14.3. The molecule has 5 rings (SSSR count). The van der Waals surface area contributed by atoms with E-state index in [1.165, 1.54) is 6.42 Å². The molecular formula is C24H28N6O2. The molecule has 1 atom stereocenters. The number of hydrogen-bond donors (Lipinski definition) is 3. The summed E-state index contributed by atoms with van der Waals surface area (Å²) in [7, 11) is 0. The zero-order chi connectivity index (χ0) is 21.9. The molecule has 2 fully saturated rings. The SMILES string of the molecule is O=C(N[C@@H](C(=O)NCc1ccncc1)C1CCCCC1)c1c[nH]c2ncc(C3CC3)nc12. The van der Waals surface area contributed by atoms with Crippen LogP contribution in [0.2, 0.25) is 0 Å². The predicted octanol–water partition coefficient (Wildman–Crippen LogP) is 3.23. The van der Waals surface area contributed by atoms with Crippen molar-refractivity contribution in [2.45, 2.75) is 63.5 Å². The lowest BCUT2D eigenvalue weighted by Gasteiger charge is -2.30. The van der Waals surface area contributed by atoms with E-state index in [2.05, 4.69) is 25.6 Å². The number of carbonyl (C=O) groups excluding carboxylic acids is 2. The van der Waals surface area contributed by atoms with Crippen molar-refractivity contribution in [2.24, 2.45) is 5.92 Å². The number of nitrogens with zero attached hydrogens (tertiary/aromatic N) is 3. The Morgan fingerprint density at radius 3 is 2.62 bits per heavy atom. The van der Waals surface area contributed by atoms with E-state index in [1.54, 1.807) is 24.8 Å².